The van der Waals surface area contributed by atoms with Crippen molar-refractivity contribution in [3.8, 4) is 5.75 Å². The van der Waals surface area contributed by atoms with E-state index in [2.05, 4.69) is 25.2 Å². The Hall–Kier alpha value is -2.81. The molecule has 2 aliphatic heterocycles. The van der Waals surface area contributed by atoms with Gasteiger partial charge >= 0.3 is 6.09 Å². The van der Waals surface area contributed by atoms with Gasteiger partial charge in [0.25, 0.3) is 0 Å². The maximum Gasteiger partial charge on any atom is 0.410 e. The molecule has 2 aliphatic rings. The summed E-state index contributed by atoms with van der Waals surface area (Å²) in [4.78, 5) is 29.5. The number of amides is 1. The molecular weight excluding hydrogens is 432 g/mol. The largest absolute Gasteiger partial charge is 0.486 e. The minimum atomic E-state index is -0.493. The van der Waals surface area contributed by atoms with E-state index < -0.39 is 5.60 Å². The third-order valence-electron chi connectivity index (χ3n) is 5.43. The van der Waals surface area contributed by atoms with Gasteiger partial charge in [0, 0.05) is 38.1 Å². The van der Waals surface area contributed by atoms with E-state index in [-0.39, 0.29) is 12.1 Å². The summed E-state index contributed by atoms with van der Waals surface area (Å²) in [5.74, 6) is 1.95. The van der Waals surface area contributed by atoms with Crippen molar-refractivity contribution in [2.24, 2.45) is 0 Å². The SMILES string of the molecule is CC(C)(C)OC(=O)N1CCC(N2CCCOc3c(Nc4ccncc4Cl)ncnc32)CC1. The molecule has 0 aromatic carbocycles. The zero-order chi connectivity index (χ0) is 22.7. The summed E-state index contributed by atoms with van der Waals surface area (Å²) in [5, 5.41) is 3.75. The maximum absolute atomic E-state index is 12.4. The van der Waals surface area contributed by atoms with Crippen LogP contribution in [0.25, 0.3) is 0 Å². The van der Waals surface area contributed by atoms with Gasteiger partial charge < -0.3 is 24.6 Å². The normalized spacial score (nSPS) is 17.2. The number of likely N-dealkylation sites (tertiary alicyclic amines) is 1. The number of halogens is 1. The standard InChI is InChI=1S/C22H29ClN6O3/c1-22(2,3)32-21(30)28-10-6-15(7-11-28)29-9-4-12-31-18-19(25-14-26-20(18)29)27-17-5-8-24-13-16(17)23/h5,8,13-15H,4,6-7,9-12H2,1-3H3,(H,24,25,26,27). The molecule has 0 bridgehead atoms. The zero-order valence-corrected chi connectivity index (χ0v) is 19.4. The highest BCUT2D eigenvalue weighted by Crippen LogP contribution is 2.39. The van der Waals surface area contributed by atoms with Crippen LogP contribution in [-0.2, 0) is 4.74 Å². The van der Waals surface area contributed by atoms with Crippen LogP contribution in [0.1, 0.15) is 40.0 Å². The number of piperidine rings is 1. The zero-order valence-electron chi connectivity index (χ0n) is 18.7. The van der Waals surface area contributed by atoms with Crippen molar-refractivity contribution >= 4 is 35.0 Å². The average Bonchev–Trinajstić information content (AvgIpc) is 2.98. The molecule has 9 nitrogen and oxygen atoms in total. The Morgan fingerprint density at radius 3 is 2.75 bits per heavy atom. The summed E-state index contributed by atoms with van der Waals surface area (Å²) in [7, 11) is 0. The highest BCUT2D eigenvalue weighted by atomic mass is 35.5. The van der Waals surface area contributed by atoms with E-state index >= 15 is 0 Å². The van der Waals surface area contributed by atoms with Crippen molar-refractivity contribution in [1.82, 2.24) is 19.9 Å². The maximum atomic E-state index is 12.4. The van der Waals surface area contributed by atoms with Crippen LogP contribution in [0.4, 0.5) is 22.1 Å². The van der Waals surface area contributed by atoms with Gasteiger partial charge in [0.15, 0.2) is 11.6 Å². The van der Waals surface area contributed by atoms with Gasteiger partial charge in [-0.2, -0.15) is 0 Å². The van der Waals surface area contributed by atoms with Gasteiger partial charge in [0.05, 0.1) is 17.3 Å². The number of ether oxygens (including phenoxy) is 2. The first-order valence-electron chi connectivity index (χ1n) is 10.9. The predicted octanol–water partition coefficient (Wildman–Crippen LogP) is 4.26. The third-order valence-corrected chi connectivity index (χ3v) is 5.73. The quantitative estimate of drug-likeness (QED) is 0.726. The van der Waals surface area contributed by atoms with Crippen molar-refractivity contribution < 1.29 is 14.3 Å². The fraction of sp³-hybridized carbons (Fsp3) is 0.545. The van der Waals surface area contributed by atoms with Crippen LogP contribution in [0, 0.1) is 0 Å². The first kappa shape index (κ1) is 22.4. The Labute approximate surface area is 193 Å². The smallest absolute Gasteiger partial charge is 0.410 e. The number of aromatic nitrogens is 3. The molecule has 0 unspecified atom stereocenters. The van der Waals surface area contributed by atoms with Crippen molar-refractivity contribution in [2.75, 3.05) is 36.5 Å². The number of nitrogens with one attached hydrogen (secondary N) is 1. The van der Waals surface area contributed by atoms with Crippen molar-refractivity contribution in [3.05, 3.63) is 29.8 Å². The molecule has 2 aromatic heterocycles. The van der Waals surface area contributed by atoms with Gasteiger partial charge in [-0.05, 0) is 46.1 Å². The third kappa shape index (κ3) is 5.15. The predicted molar refractivity (Wildman–Crippen MR) is 123 cm³/mol. The molecular formula is C22H29ClN6O3. The van der Waals surface area contributed by atoms with E-state index in [0.717, 1.165) is 31.6 Å². The number of nitrogens with zero attached hydrogens (tertiary/aromatic N) is 5. The molecule has 4 heterocycles. The Morgan fingerprint density at radius 2 is 2.03 bits per heavy atom. The molecule has 10 heteroatoms. The number of hydrogen-bond acceptors (Lipinski definition) is 8. The van der Waals surface area contributed by atoms with E-state index in [0.29, 0.717) is 42.0 Å². The summed E-state index contributed by atoms with van der Waals surface area (Å²) in [6.45, 7) is 8.36. The van der Waals surface area contributed by atoms with E-state index in [1.165, 1.54) is 6.33 Å². The lowest BCUT2D eigenvalue weighted by molar-refractivity contribution is 0.0204. The summed E-state index contributed by atoms with van der Waals surface area (Å²) < 4.78 is 11.6. The van der Waals surface area contributed by atoms with Crippen LogP contribution in [0.3, 0.4) is 0 Å². The Morgan fingerprint density at radius 1 is 1.25 bits per heavy atom. The van der Waals surface area contributed by atoms with Crippen molar-refractivity contribution in [1.29, 1.82) is 0 Å². The summed E-state index contributed by atoms with van der Waals surface area (Å²) >= 11 is 6.26. The van der Waals surface area contributed by atoms with Gasteiger partial charge in [-0.1, -0.05) is 11.6 Å². The molecule has 172 valence electrons. The molecule has 0 atom stereocenters. The molecule has 0 spiro atoms. The fourth-order valence-corrected chi connectivity index (χ4v) is 4.12. The van der Waals surface area contributed by atoms with Crippen LogP contribution in [0.5, 0.6) is 5.75 Å². The number of anilines is 3. The lowest BCUT2D eigenvalue weighted by atomic mass is 10.0. The summed E-state index contributed by atoms with van der Waals surface area (Å²) in [6, 6.07) is 2.04. The molecule has 4 rings (SSSR count). The van der Waals surface area contributed by atoms with Gasteiger partial charge in [0.1, 0.15) is 11.9 Å². The van der Waals surface area contributed by atoms with Crippen molar-refractivity contribution in [2.45, 2.75) is 51.7 Å². The minimum Gasteiger partial charge on any atom is -0.486 e. The topological polar surface area (TPSA) is 92.7 Å². The molecule has 0 saturated carbocycles. The molecule has 1 fully saturated rings. The lowest BCUT2D eigenvalue weighted by Crippen LogP contribution is -2.48. The molecule has 2 aromatic rings. The highest BCUT2D eigenvalue weighted by molar-refractivity contribution is 6.33. The van der Waals surface area contributed by atoms with Gasteiger partial charge in [-0.25, -0.2) is 14.8 Å². The number of carbonyl (C=O) groups excluding carboxylic acids is 1. The monoisotopic (exact) mass is 460 g/mol. The van der Waals surface area contributed by atoms with E-state index in [1.54, 1.807) is 23.4 Å². The summed E-state index contributed by atoms with van der Waals surface area (Å²) in [5.41, 5.74) is 0.208. The Bertz CT molecular complexity index is 959. The van der Waals surface area contributed by atoms with E-state index in [1.807, 2.05) is 20.8 Å². The average molecular weight is 461 g/mol. The Balaban J connectivity index is 1.50. The minimum absolute atomic E-state index is 0.251. The first-order chi connectivity index (χ1) is 15.3. The van der Waals surface area contributed by atoms with Gasteiger partial charge in [-0.3, -0.25) is 4.98 Å². The van der Waals surface area contributed by atoms with Crippen LogP contribution in [0.2, 0.25) is 5.02 Å². The van der Waals surface area contributed by atoms with Crippen molar-refractivity contribution in [3.63, 3.8) is 0 Å². The highest BCUT2D eigenvalue weighted by Gasteiger charge is 2.33. The molecule has 1 amide bonds. The molecule has 1 N–H and O–H groups in total. The second-order valence-corrected chi connectivity index (χ2v) is 9.36. The fourth-order valence-electron chi connectivity index (χ4n) is 3.95. The number of fused-ring (bicyclic) bond motifs is 1. The first-order valence-corrected chi connectivity index (χ1v) is 11.3. The number of hydrogen-bond donors (Lipinski definition) is 1. The lowest BCUT2D eigenvalue weighted by Gasteiger charge is -2.39. The molecule has 0 radical (unpaired) electrons. The number of pyridine rings is 1. The van der Waals surface area contributed by atoms with E-state index in [4.69, 9.17) is 21.1 Å². The van der Waals surface area contributed by atoms with Gasteiger partial charge in [0.2, 0.25) is 5.75 Å². The van der Waals surface area contributed by atoms with Crippen LogP contribution < -0.4 is 15.0 Å². The second kappa shape index (κ2) is 9.36. The van der Waals surface area contributed by atoms with Gasteiger partial charge in [-0.15, -0.1) is 0 Å². The summed E-state index contributed by atoms with van der Waals surface area (Å²) in [6.07, 6.45) is 7.07. The number of carbonyl (C=O) groups is 1. The molecule has 1 saturated heterocycles. The van der Waals surface area contributed by atoms with Crippen LogP contribution in [0.15, 0.2) is 24.8 Å². The number of rotatable bonds is 3. The molecule has 32 heavy (non-hydrogen) atoms. The second-order valence-electron chi connectivity index (χ2n) is 8.95. The van der Waals surface area contributed by atoms with E-state index in [9.17, 15) is 4.79 Å². The Kier molecular flexibility index (Phi) is 6.55. The van der Waals surface area contributed by atoms with Crippen LogP contribution in [-0.4, -0.2) is 63.8 Å². The van der Waals surface area contributed by atoms with Crippen LogP contribution >= 0.6 is 11.6 Å². The molecule has 0 aliphatic carbocycles.